The zero-order valence-corrected chi connectivity index (χ0v) is 8.37. The predicted molar refractivity (Wildman–Crippen MR) is 51.5 cm³/mol. The summed E-state index contributed by atoms with van der Waals surface area (Å²) in [5.41, 5.74) is 0.106. The van der Waals surface area contributed by atoms with E-state index in [0.29, 0.717) is 5.76 Å². The molecule has 3 rings (SSSR count). The molecule has 2 saturated heterocycles. The van der Waals surface area contributed by atoms with E-state index in [9.17, 15) is 9.59 Å². The summed E-state index contributed by atoms with van der Waals surface area (Å²) in [5, 5.41) is 2.32. The molecule has 2 fully saturated rings. The molecule has 0 aromatic carbocycles. The average Bonchev–Trinajstić information content (AvgIpc) is 2.89. The minimum atomic E-state index is -0.948. The highest BCUT2D eigenvalue weighted by Crippen LogP contribution is 2.55. The van der Waals surface area contributed by atoms with Crippen LogP contribution in [0.3, 0.4) is 0 Å². The van der Waals surface area contributed by atoms with Crippen molar-refractivity contribution < 1.29 is 14.3 Å². The van der Waals surface area contributed by atoms with E-state index in [4.69, 9.17) is 4.74 Å². The molecule has 4 heteroatoms. The second kappa shape index (κ2) is 2.51. The number of carbonyl (C=O) groups excluding carboxylic acids is 2. The van der Waals surface area contributed by atoms with Crippen LogP contribution >= 0.6 is 0 Å². The molecule has 15 heavy (non-hydrogen) atoms. The van der Waals surface area contributed by atoms with Gasteiger partial charge in [0.2, 0.25) is 5.91 Å². The van der Waals surface area contributed by atoms with Gasteiger partial charge in [0.05, 0.1) is 0 Å². The fraction of sp³-hybridized carbons (Fsp3) is 0.455. The van der Waals surface area contributed by atoms with Crippen LogP contribution in [0.2, 0.25) is 0 Å². The summed E-state index contributed by atoms with van der Waals surface area (Å²) in [5.74, 6) is -0.284. The van der Waals surface area contributed by atoms with Crippen molar-refractivity contribution in [2.75, 3.05) is 0 Å². The number of ether oxygens (including phenoxy) is 1. The molecule has 0 aromatic heterocycles. The van der Waals surface area contributed by atoms with Gasteiger partial charge in [0.25, 0.3) is 11.5 Å². The Bertz CT molecular complexity index is 435. The van der Waals surface area contributed by atoms with Gasteiger partial charge in [0, 0.05) is 0 Å². The molecular formula is C11H11NO3. The summed E-state index contributed by atoms with van der Waals surface area (Å²) in [6.07, 6.45) is 5.58. The van der Waals surface area contributed by atoms with Crippen molar-refractivity contribution in [2.24, 2.45) is 5.92 Å². The molecule has 2 unspecified atom stereocenters. The van der Waals surface area contributed by atoms with E-state index in [-0.39, 0.29) is 11.8 Å². The van der Waals surface area contributed by atoms with E-state index in [2.05, 4.69) is 12.2 Å². The third-order valence-electron chi connectivity index (χ3n) is 3.15. The quantitative estimate of drug-likeness (QED) is 0.532. The Morgan fingerprint density at radius 1 is 1.53 bits per heavy atom. The van der Waals surface area contributed by atoms with Gasteiger partial charge in [-0.25, -0.2) is 0 Å². The summed E-state index contributed by atoms with van der Waals surface area (Å²) in [6, 6.07) is 0. The molecule has 2 amide bonds. The van der Waals surface area contributed by atoms with Gasteiger partial charge in [-0.15, -0.1) is 0 Å². The summed E-state index contributed by atoms with van der Waals surface area (Å²) in [4.78, 5) is 23.0. The van der Waals surface area contributed by atoms with Gasteiger partial charge in [-0.05, 0) is 12.0 Å². The van der Waals surface area contributed by atoms with Crippen molar-refractivity contribution >= 4 is 11.8 Å². The maximum atomic E-state index is 11.6. The summed E-state index contributed by atoms with van der Waals surface area (Å²) >= 11 is 0. The lowest BCUT2D eigenvalue weighted by Gasteiger charge is -2.08. The lowest BCUT2D eigenvalue weighted by Crippen LogP contribution is -2.29. The lowest BCUT2D eigenvalue weighted by molar-refractivity contribution is -0.126. The predicted octanol–water partition coefficient (Wildman–Crippen LogP) is 0.652. The van der Waals surface area contributed by atoms with E-state index in [1.807, 2.05) is 6.08 Å². The van der Waals surface area contributed by atoms with Crippen LogP contribution < -0.4 is 5.32 Å². The van der Waals surface area contributed by atoms with Gasteiger partial charge >= 0.3 is 0 Å². The molecule has 0 aromatic rings. The van der Waals surface area contributed by atoms with E-state index in [0.717, 1.165) is 18.4 Å². The molecule has 2 atom stereocenters. The first-order chi connectivity index (χ1) is 7.20. The highest BCUT2D eigenvalue weighted by molar-refractivity contribution is 6.14. The molecule has 0 bridgehead atoms. The molecule has 1 spiro atoms. The molecule has 4 nitrogen and oxygen atoms in total. The normalized spacial score (nSPS) is 35.9. The van der Waals surface area contributed by atoms with Gasteiger partial charge in [0.1, 0.15) is 5.92 Å². The second-order valence-corrected chi connectivity index (χ2v) is 4.10. The van der Waals surface area contributed by atoms with E-state index < -0.39 is 11.5 Å². The van der Waals surface area contributed by atoms with Crippen molar-refractivity contribution in [3.05, 3.63) is 23.5 Å². The first-order valence-corrected chi connectivity index (χ1v) is 5.16. The van der Waals surface area contributed by atoms with E-state index in [1.54, 1.807) is 6.08 Å². The molecule has 0 radical (unpaired) electrons. The van der Waals surface area contributed by atoms with Crippen molar-refractivity contribution in [3.8, 4) is 0 Å². The van der Waals surface area contributed by atoms with Gasteiger partial charge in [-0.3, -0.25) is 14.9 Å². The summed E-state index contributed by atoms with van der Waals surface area (Å²) in [7, 11) is 0. The maximum Gasteiger partial charge on any atom is 0.279 e. The molecule has 2 aliphatic heterocycles. The monoisotopic (exact) mass is 205 g/mol. The van der Waals surface area contributed by atoms with Crippen LogP contribution in [0, 0.1) is 5.92 Å². The van der Waals surface area contributed by atoms with Crippen LogP contribution in [-0.4, -0.2) is 17.4 Å². The van der Waals surface area contributed by atoms with Crippen molar-refractivity contribution in [1.82, 2.24) is 5.32 Å². The third-order valence-corrected chi connectivity index (χ3v) is 3.15. The zero-order valence-electron chi connectivity index (χ0n) is 8.37. The Hall–Kier alpha value is -1.58. The smallest absolute Gasteiger partial charge is 0.279 e. The number of hydrogen-bond donors (Lipinski definition) is 1. The van der Waals surface area contributed by atoms with Crippen molar-refractivity contribution in [1.29, 1.82) is 0 Å². The Morgan fingerprint density at radius 3 is 3.07 bits per heavy atom. The number of carbonyl (C=O) groups is 2. The van der Waals surface area contributed by atoms with Crippen LogP contribution in [-0.2, 0) is 14.3 Å². The van der Waals surface area contributed by atoms with Crippen LogP contribution in [0.1, 0.15) is 19.8 Å². The molecule has 1 N–H and O–H groups in total. The van der Waals surface area contributed by atoms with Crippen LogP contribution in [0.15, 0.2) is 23.5 Å². The van der Waals surface area contributed by atoms with Crippen LogP contribution in [0.25, 0.3) is 0 Å². The number of hydrogen-bond acceptors (Lipinski definition) is 3. The molecule has 0 saturated carbocycles. The molecule has 1 aliphatic carbocycles. The standard InChI is InChI=1S/C11H11NO3/c1-2-3-6-4-5-7-9(13)12-10(14)11(7)8(6)15-11/h4-5,7H,2-3H2,1H3,(H,12,13,14). The van der Waals surface area contributed by atoms with Crippen molar-refractivity contribution in [3.63, 3.8) is 0 Å². The average molecular weight is 205 g/mol. The minimum absolute atomic E-state index is 0.248. The number of amides is 2. The van der Waals surface area contributed by atoms with Gasteiger partial charge in [-0.1, -0.05) is 25.5 Å². The Morgan fingerprint density at radius 2 is 2.33 bits per heavy atom. The number of imide groups is 1. The fourth-order valence-electron chi connectivity index (χ4n) is 2.38. The second-order valence-electron chi connectivity index (χ2n) is 4.10. The number of epoxide rings is 1. The number of rotatable bonds is 2. The highest BCUT2D eigenvalue weighted by Gasteiger charge is 2.72. The topological polar surface area (TPSA) is 58.7 Å². The number of nitrogens with one attached hydrogen (secondary N) is 1. The van der Waals surface area contributed by atoms with Gasteiger partial charge in [-0.2, -0.15) is 0 Å². The maximum absolute atomic E-state index is 11.6. The fourth-order valence-corrected chi connectivity index (χ4v) is 2.38. The minimum Gasteiger partial charge on any atom is -0.467 e. The molecular weight excluding hydrogens is 194 g/mol. The van der Waals surface area contributed by atoms with Gasteiger partial charge < -0.3 is 4.74 Å². The van der Waals surface area contributed by atoms with Crippen molar-refractivity contribution in [2.45, 2.75) is 25.4 Å². The van der Waals surface area contributed by atoms with Crippen LogP contribution in [0.4, 0.5) is 0 Å². The van der Waals surface area contributed by atoms with Crippen LogP contribution in [0.5, 0.6) is 0 Å². The molecule has 2 heterocycles. The van der Waals surface area contributed by atoms with E-state index >= 15 is 0 Å². The largest absolute Gasteiger partial charge is 0.467 e. The first-order valence-electron chi connectivity index (χ1n) is 5.16. The Kier molecular flexibility index (Phi) is 1.45. The molecule has 3 aliphatic rings. The molecule has 78 valence electrons. The Labute approximate surface area is 87.0 Å². The van der Waals surface area contributed by atoms with Gasteiger partial charge in [0.15, 0.2) is 5.76 Å². The lowest BCUT2D eigenvalue weighted by atomic mass is 9.86. The summed E-state index contributed by atoms with van der Waals surface area (Å²) in [6.45, 7) is 2.07. The zero-order chi connectivity index (χ0) is 10.6. The SMILES string of the molecule is CCCC1=C2OC23C(=O)NC(=O)C3C=C1. The highest BCUT2D eigenvalue weighted by atomic mass is 16.6. The summed E-state index contributed by atoms with van der Waals surface area (Å²) < 4.78 is 5.42. The van der Waals surface area contributed by atoms with E-state index in [1.165, 1.54) is 0 Å². The first kappa shape index (κ1) is 8.71. The third kappa shape index (κ3) is 0.868. The number of allylic oxidation sites excluding steroid dienone is 2. The Balaban J connectivity index is 2.04.